The van der Waals surface area contributed by atoms with E-state index < -0.39 is 0 Å². The Labute approximate surface area is 171 Å². The van der Waals surface area contributed by atoms with Crippen molar-refractivity contribution in [3.05, 3.63) is 58.9 Å². The number of aryl methyl sites for hydroxylation is 2. The zero-order valence-corrected chi connectivity index (χ0v) is 17.5. The van der Waals surface area contributed by atoms with E-state index in [1.54, 1.807) is 5.56 Å². The van der Waals surface area contributed by atoms with Crippen molar-refractivity contribution < 1.29 is 0 Å². The maximum absolute atomic E-state index is 5.13. The molecule has 1 aliphatic heterocycles. The normalized spacial score (nSPS) is 28.2. The van der Waals surface area contributed by atoms with Crippen LogP contribution in [0.2, 0.25) is 0 Å². The molecule has 0 unspecified atom stereocenters. The average molecular weight is 381 g/mol. The van der Waals surface area contributed by atoms with Crippen LogP contribution in [0, 0.1) is 13.8 Å². The second-order valence-corrected chi connectivity index (χ2v) is 10.0. The number of nitrogens with zero attached hydrogens (tertiary/aromatic N) is 2. The van der Waals surface area contributed by atoms with Crippen LogP contribution in [0.4, 0.5) is 0 Å². The van der Waals surface area contributed by atoms with Gasteiger partial charge in [-0.3, -0.25) is 4.40 Å². The van der Waals surface area contributed by atoms with Crippen molar-refractivity contribution in [2.45, 2.75) is 76.0 Å². The van der Waals surface area contributed by atoms with Crippen LogP contribution < -0.4 is 0 Å². The van der Waals surface area contributed by atoms with Crippen molar-refractivity contribution >= 4 is 27.3 Å². The molecule has 29 heavy (non-hydrogen) atoms. The highest BCUT2D eigenvalue weighted by atomic mass is 15.1. The molecule has 0 bridgehead atoms. The minimum absolute atomic E-state index is 0.286. The van der Waals surface area contributed by atoms with Crippen LogP contribution in [0.1, 0.15) is 73.8 Å². The van der Waals surface area contributed by atoms with Gasteiger partial charge in [-0.25, -0.2) is 4.98 Å². The van der Waals surface area contributed by atoms with Gasteiger partial charge in [0.25, 0.3) is 0 Å². The molecule has 2 heteroatoms. The molecule has 7 rings (SSSR count). The fourth-order valence-corrected chi connectivity index (χ4v) is 7.86. The maximum Gasteiger partial charge on any atom is 0.145 e. The van der Waals surface area contributed by atoms with E-state index in [9.17, 15) is 0 Å². The lowest BCUT2D eigenvalue weighted by Crippen LogP contribution is -2.55. The Balaban J connectivity index is 1.81. The van der Waals surface area contributed by atoms with Crippen molar-refractivity contribution in [1.82, 2.24) is 9.38 Å². The molecule has 146 valence electrons. The Morgan fingerprint density at radius 1 is 0.793 bits per heavy atom. The molecule has 0 amide bonds. The van der Waals surface area contributed by atoms with Crippen LogP contribution in [-0.2, 0) is 10.8 Å². The maximum atomic E-state index is 5.13. The van der Waals surface area contributed by atoms with Crippen LogP contribution >= 0.6 is 0 Å². The van der Waals surface area contributed by atoms with Crippen LogP contribution in [0.3, 0.4) is 0 Å². The number of hydrogen-bond acceptors (Lipinski definition) is 1. The topological polar surface area (TPSA) is 17.3 Å². The molecule has 0 atom stereocenters. The van der Waals surface area contributed by atoms with E-state index in [1.165, 1.54) is 95.5 Å². The van der Waals surface area contributed by atoms with E-state index in [0.29, 0.717) is 5.41 Å². The fraction of sp³-hybridized carbons (Fsp3) is 0.444. The molecular formula is C27H28N2. The van der Waals surface area contributed by atoms with Crippen molar-refractivity contribution in [3.8, 4) is 0 Å². The highest BCUT2D eigenvalue weighted by Gasteiger charge is 2.59. The summed E-state index contributed by atoms with van der Waals surface area (Å²) in [4.78, 5) is 5.13. The van der Waals surface area contributed by atoms with Crippen LogP contribution in [0.25, 0.3) is 27.3 Å². The SMILES string of the molecule is Cc1cccc2c1c1ncc3n1c1c(ccc(C)c21)C12CCCCC31CCCC2. The van der Waals surface area contributed by atoms with Crippen molar-refractivity contribution in [2.75, 3.05) is 0 Å². The largest absolute Gasteiger partial charge is 0.295 e. The van der Waals surface area contributed by atoms with Gasteiger partial charge in [-0.15, -0.1) is 0 Å². The molecule has 2 aliphatic carbocycles. The smallest absolute Gasteiger partial charge is 0.145 e. The molecule has 3 heterocycles. The molecule has 0 radical (unpaired) electrons. The van der Waals surface area contributed by atoms with Gasteiger partial charge < -0.3 is 0 Å². The van der Waals surface area contributed by atoms with Crippen LogP contribution in [0.15, 0.2) is 36.5 Å². The van der Waals surface area contributed by atoms with Gasteiger partial charge in [0, 0.05) is 27.8 Å². The predicted molar refractivity (Wildman–Crippen MR) is 120 cm³/mol. The number of rotatable bonds is 0. The van der Waals surface area contributed by atoms with E-state index in [4.69, 9.17) is 4.98 Å². The van der Waals surface area contributed by atoms with E-state index in [0.717, 1.165) is 0 Å². The molecule has 2 fully saturated rings. The zero-order valence-electron chi connectivity index (χ0n) is 17.5. The van der Waals surface area contributed by atoms with Gasteiger partial charge in [0.1, 0.15) is 5.65 Å². The summed E-state index contributed by atoms with van der Waals surface area (Å²) in [7, 11) is 0. The number of imidazole rings is 1. The number of hydrogen-bond donors (Lipinski definition) is 0. The first-order valence-corrected chi connectivity index (χ1v) is 11.5. The Hall–Kier alpha value is -2.35. The Kier molecular flexibility index (Phi) is 2.96. The average Bonchev–Trinajstić information content (AvgIpc) is 3.19. The number of benzene rings is 2. The second kappa shape index (κ2) is 5.22. The van der Waals surface area contributed by atoms with E-state index in [1.807, 2.05) is 0 Å². The highest BCUT2D eigenvalue weighted by molar-refractivity contribution is 6.15. The summed E-state index contributed by atoms with van der Waals surface area (Å²) in [5.74, 6) is 0. The monoisotopic (exact) mass is 380 g/mol. The van der Waals surface area contributed by atoms with Gasteiger partial charge in [0.2, 0.25) is 0 Å². The van der Waals surface area contributed by atoms with Gasteiger partial charge in [0.05, 0.1) is 11.2 Å². The van der Waals surface area contributed by atoms with Crippen molar-refractivity contribution in [2.24, 2.45) is 0 Å². The van der Waals surface area contributed by atoms with E-state index in [2.05, 4.69) is 54.8 Å². The lowest BCUT2D eigenvalue weighted by molar-refractivity contribution is 0.0741. The van der Waals surface area contributed by atoms with Gasteiger partial charge in [-0.1, -0.05) is 56.0 Å². The van der Waals surface area contributed by atoms with Gasteiger partial charge >= 0.3 is 0 Å². The lowest BCUT2D eigenvalue weighted by Gasteiger charge is -2.59. The highest BCUT2D eigenvalue weighted by Crippen LogP contribution is 2.64. The minimum atomic E-state index is 0.286. The Morgan fingerprint density at radius 2 is 1.48 bits per heavy atom. The number of aromatic nitrogens is 2. The molecule has 2 nitrogen and oxygen atoms in total. The quantitative estimate of drug-likeness (QED) is 0.303. The van der Waals surface area contributed by atoms with E-state index in [-0.39, 0.29) is 5.41 Å². The summed E-state index contributed by atoms with van der Waals surface area (Å²) in [5.41, 5.74) is 9.17. The van der Waals surface area contributed by atoms with Gasteiger partial charge in [-0.2, -0.15) is 0 Å². The minimum Gasteiger partial charge on any atom is -0.295 e. The summed E-state index contributed by atoms with van der Waals surface area (Å²) in [6.45, 7) is 4.54. The standard InChI is InChI=1S/C27H28N2/c1-17-8-7-9-19-22-18(2)10-11-20-24(22)29-21(16-28-25(29)23(17)19)27-14-5-3-12-26(20,27)13-4-6-15-27/h7-11,16H,3-6,12-15H2,1-2H3. The number of pyridine rings is 1. The second-order valence-electron chi connectivity index (χ2n) is 10.0. The third kappa shape index (κ3) is 1.67. The molecule has 0 N–H and O–H groups in total. The molecule has 2 aromatic heterocycles. The first-order chi connectivity index (χ1) is 14.2. The summed E-state index contributed by atoms with van der Waals surface area (Å²) in [5, 5.41) is 4.20. The number of fused-ring (bicyclic) bond motifs is 3. The van der Waals surface area contributed by atoms with Gasteiger partial charge in [-0.05, 0) is 61.6 Å². The van der Waals surface area contributed by atoms with Crippen molar-refractivity contribution in [3.63, 3.8) is 0 Å². The van der Waals surface area contributed by atoms with E-state index >= 15 is 0 Å². The van der Waals surface area contributed by atoms with Crippen LogP contribution in [0.5, 0.6) is 0 Å². The summed E-state index contributed by atoms with van der Waals surface area (Å²) in [6.07, 6.45) is 13.1. The van der Waals surface area contributed by atoms with Crippen LogP contribution in [-0.4, -0.2) is 9.38 Å². The third-order valence-electron chi connectivity index (χ3n) is 8.97. The molecule has 0 saturated heterocycles. The molecule has 2 saturated carbocycles. The lowest BCUT2D eigenvalue weighted by atomic mass is 9.46. The first kappa shape index (κ1) is 16.4. The summed E-state index contributed by atoms with van der Waals surface area (Å²) in [6, 6.07) is 11.7. The van der Waals surface area contributed by atoms with Gasteiger partial charge in [0.15, 0.2) is 0 Å². The zero-order chi connectivity index (χ0) is 19.4. The molecule has 3 aliphatic rings. The summed E-state index contributed by atoms with van der Waals surface area (Å²) >= 11 is 0. The first-order valence-electron chi connectivity index (χ1n) is 11.5. The molecule has 4 aromatic rings. The molecular weight excluding hydrogens is 352 g/mol. The molecule has 2 aromatic carbocycles. The Morgan fingerprint density at radius 3 is 2.24 bits per heavy atom. The fourth-order valence-electron chi connectivity index (χ4n) is 7.86. The summed E-state index contributed by atoms with van der Waals surface area (Å²) < 4.78 is 2.61. The molecule has 0 spiro atoms. The Bertz CT molecular complexity index is 1330. The third-order valence-corrected chi connectivity index (χ3v) is 8.97. The van der Waals surface area contributed by atoms with Crippen molar-refractivity contribution in [1.29, 1.82) is 0 Å². The predicted octanol–water partition coefficient (Wildman–Crippen LogP) is 6.89.